The number of phenols is 1. The van der Waals surface area contributed by atoms with Crippen molar-refractivity contribution in [2.45, 2.75) is 32.6 Å². The summed E-state index contributed by atoms with van der Waals surface area (Å²) in [5, 5.41) is 10.5. The van der Waals surface area contributed by atoms with Crippen molar-refractivity contribution in [1.29, 1.82) is 0 Å². The fourth-order valence-electron chi connectivity index (χ4n) is 8.09. The van der Waals surface area contributed by atoms with Crippen LogP contribution in [0.4, 0.5) is 11.4 Å². The normalized spacial score (nSPS) is 26.2. The third-order valence-corrected chi connectivity index (χ3v) is 10.6. The van der Waals surface area contributed by atoms with Gasteiger partial charge in [-0.15, -0.1) is 0 Å². The van der Waals surface area contributed by atoms with Gasteiger partial charge in [-0.25, -0.2) is 0 Å². The molecule has 7 rings (SSSR count). The number of hydrogen-bond acceptors (Lipinski definition) is 8. The summed E-state index contributed by atoms with van der Waals surface area (Å²) in [5.41, 5.74) is 2.86. The number of nitrogens with zero attached hydrogens (tertiary/aromatic N) is 2. The van der Waals surface area contributed by atoms with Crippen LogP contribution in [0.25, 0.3) is 0 Å². The van der Waals surface area contributed by atoms with Gasteiger partial charge in [0.2, 0.25) is 23.6 Å². The molecule has 3 aromatic carbocycles. The van der Waals surface area contributed by atoms with E-state index < -0.39 is 53.2 Å². The zero-order valence-electron chi connectivity index (χ0n) is 26.3. The van der Waals surface area contributed by atoms with Crippen LogP contribution >= 0.6 is 11.6 Å². The van der Waals surface area contributed by atoms with E-state index in [2.05, 4.69) is 0 Å². The van der Waals surface area contributed by atoms with E-state index in [1.54, 1.807) is 60.7 Å². The fourth-order valence-corrected chi connectivity index (χ4v) is 8.31. The third kappa shape index (κ3) is 4.69. The number of rotatable bonds is 6. The third-order valence-electron chi connectivity index (χ3n) is 10.3. The molecule has 3 fully saturated rings. The second-order valence-corrected chi connectivity index (χ2v) is 13.2. The van der Waals surface area contributed by atoms with Crippen molar-refractivity contribution in [3.63, 3.8) is 0 Å². The Morgan fingerprint density at radius 3 is 1.79 bits per heavy atom. The first-order valence-corrected chi connectivity index (χ1v) is 16.0. The maximum Gasteiger partial charge on any atom is 0.238 e. The molecule has 244 valence electrons. The fraction of sp³-hybridized carbons (Fsp3) is 0.297. The van der Waals surface area contributed by atoms with Crippen molar-refractivity contribution in [3.05, 3.63) is 94.0 Å². The minimum absolute atomic E-state index is 0.00179. The summed E-state index contributed by atoms with van der Waals surface area (Å²) < 4.78 is 5.39. The Labute approximate surface area is 280 Å². The number of imide groups is 2. The number of methoxy groups -OCH3 is 1. The first-order chi connectivity index (χ1) is 22.9. The number of hydrogen-bond donors (Lipinski definition) is 1. The SMILES string of the molecule is COc1cc(C2C3=CCC4C(=O)N(c5ccc(C(C)=O)cc5)C(=O)C4C3CC3C(=O)N(c4ccc(C(C)=O)cc4)C(=O)C32)cc(Cl)c1O. The molecule has 1 N–H and O–H groups in total. The predicted molar refractivity (Wildman–Crippen MR) is 175 cm³/mol. The molecule has 11 heteroatoms. The highest BCUT2D eigenvalue weighted by atomic mass is 35.5. The number of carbonyl (C=O) groups is 6. The molecule has 2 heterocycles. The minimum Gasteiger partial charge on any atom is -0.503 e. The van der Waals surface area contributed by atoms with Gasteiger partial charge in [0, 0.05) is 17.0 Å². The van der Waals surface area contributed by atoms with Gasteiger partial charge in [-0.1, -0.05) is 23.3 Å². The number of amides is 4. The average Bonchev–Trinajstić information content (AvgIpc) is 3.48. The van der Waals surface area contributed by atoms with Crippen molar-refractivity contribution in [2.75, 3.05) is 16.9 Å². The van der Waals surface area contributed by atoms with Crippen molar-refractivity contribution in [3.8, 4) is 11.5 Å². The van der Waals surface area contributed by atoms with Gasteiger partial charge in [0.15, 0.2) is 23.1 Å². The van der Waals surface area contributed by atoms with Gasteiger partial charge in [-0.2, -0.15) is 0 Å². The Morgan fingerprint density at radius 1 is 0.750 bits per heavy atom. The summed E-state index contributed by atoms with van der Waals surface area (Å²) in [4.78, 5) is 82.6. The molecule has 0 radical (unpaired) electrons. The van der Waals surface area contributed by atoms with E-state index in [0.717, 1.165) is 10.5 Å². The first-order valence-electron chi connectivity index (χ1n) is 15.7. The molecule has 48 heavy (non-hydrogen) atoms. The standard InChI is InChI=1S/C37H31ClN2O8/c1-17(41)19-4-8-22(9-5-19)39-34(44)25-13-12-24-26(31(25)36(39)46)16-27-32(30(24)21-14-28(38)33(43)29(15-21)48-3)37(47)40(35(27)45)23-10-6-20(7-11-23)18(2)42/h4-12,14-15,25-27,30-32,43H,13,16H2,1-3H3. The van der Waals surface area contributed by atoms with Crippen LogP contribution in [0.1, 0.15) is 58.9 Å². The second kappa shape index (κ2) is 11.6. The Bertz CT molecular complexity index is 1970. The Balaban J connectivity index is 1.33. The van der Waals surface area contributed by atoms with Crippen LogP contribution in [-0.4, -0.2) is 47.4 Å². The van der Waals surface area contributed by atoms with Crippen LogP contribution in [0.2, 0.25) is 5.02 Å². The van der Waals surface area contributed by atoms with Crippen LogP contribution in [0, 0.1) is 29.6 Å². The van der Waals surface area contributed by atoms with E-state index in [9.17, 15) is 33.9 Å². The Hall–Kier alpha value is -5.09. The molecule has 0 spiro atoms. The molecule has 3 aromatic rings. The zero-order valence-corrected chi connectivity index (χ0v) is 27.1. The topological polar surface area (TPSA) is 138 Å². The lowest BCUT2D eigenvalue weighted by Crippen LogP contribution is -2.43. The highest BCUT2D eigenvalue weighted by Crippen LogP contribution is 2.59. The largest absolute Gasteiger partial charge is 0.503 e. The van der Waals surface area contributed by atoms with Crippen molar-refractivity contribution in [1.82, 2.24) is 0 Å². The van der Waals surface area contributed by atoms with Crippen LogP contribution in [0.5, 0.6) is 11.5 Å². The monoisotopic (exact) mass is 666 g/mol. The van der Waals surface area contributed by atoms with Gasteiger partial charge in [-0.05, 0) is 98.8 Å². The number of phenolic OH excluding ortho intramolecular Hbond substituents is 1. The number of carbonyl (C=O) groups excluding carboxylic acids is 6. The molecule has 6 unspecified atom stereocenters. The smallest absolute Gasteiger partial charge is 0.238 e. The van der Waals surface area contributed by atoms with Gasteiger partial charge >= 0.3 is 0 Å². The van der Waals surface area contributed by atoms with Gasteiger partial charge in [0.1, 0.15) is 0 Å². The van der Waals surface area contributed by atoms with E-state index in [4.69, 9.17) is 16.3 Å². The van der Waals surface area contributed by atoms with Crippen LogP contribution < -0.4 is 14.5 Å². The maximum absolute atomic E-state index is 14.3. The van der Waals surface area contributed by atoms with Gasteiger partial charge in [-0.3, -0.25) is 38.6 Å². The zero-order chi connectivity index (χ0) is 34.2. The van der Waals surface area contributed by atoms with E-state index >= 15 is 0 Å². The number of Topliss-reactive ketones (excluding diaryl/α,β-unsaturated/α-hetero) is 2. The van der Waals surface area contributed by atoms with Gasteiger partial charge in [0.25, 0.3) is 0 Å². The molecule has 2 aliphatic heterocycles. The molecular formula is C37H31ClN2O8. The predicted octanol–water partition coefficient (Wildman–Crippen LogP) is 5.50. The number of ketones is 2. The van der Waals surface area contributed by atoms with Crippen LogP contribution in [0.15, 0.2) is 72.3 Å². The summed E-state index contributed by atoms with van der Waals surface area (Å²) >= 11 is 6.45. The summed E-state index contributed by atoms with van der Waals surface area (Å²) in [5.74, 6) is -6.52. The van der Waals surface area contributed by atoms with Crippen LogP contribution in [-0.2, 0) is 19.2 Å². The summed E-state index contributed by atoms with van der Waals surface area (Å²) in [6, 6.07) is 15.7. The lowest BCUT2D eigenvalue weighted by atomic mass is 9.57. The number of anilines is 2. The van der Waals surface area contributed by atoms with Crippen molar-refractivity contribution >= 4 is 58.2 Å². The van der Waals surface area contributed by atoms with Crippen molar-refractivity contribution < 1.29 is 38.6 Å². The molecule has 6 atom stereocenters. The van der Waals surface area contributed by atoms with E-state index in [1.807, 2.05) is 6.08 Å². The lowest BCUT2D eigenvalue weighted by Gasteiger charge is -2.44. The molecular weight excluding hydrogens is 636 g/mol. The van der Waals surface area contributed by atoms with E-state index in [1.165, 1.54) is 25.9 Å². The molecule has 2 aliphatic carbocycles. The second-order valence-electron chi connectivity index (χ2n) is 12.8. The molecule has 1 saturated carbocycles. The van der Waals surface area contributed by atoms with Gasteiger partial charge < -0.3 is 9.84 Å². The quantitative estimate of drug-likeness (QED) is 0.207. The highest BCUT2D eigenvalue weighted by molar-refractivity contribution is 6.32. The summed E-state index contributed by atoms with van der Waals surface area (Å²) in [6.07, 6.45) is 2.33. The van der Waals surface area contributed by atoms with E-state index in [0.29, 0.717) is 28.1 Å². The Kier molecular flexibility index (Phi) is 7.58. The molecule has 0 aromatic heterocycles. The molecule has 2 saturated heterocycles. The number of allylic oxidation sites excluding steroid dienone is 2. The van der Waals surface area contributed by atoms with Gasteiger partial charge in [0.05, 0.1) is 47.2 Å². The maximum atomic E-state index is 14.3. The number of aromatic hydroxyl groups is 1. The number of benzene rings is 3. The number of fused-ring (bicyclic) bond motifs is 4. The summed E-state index contributed by atoms with van der Waals surface area (Å²) in [7, 11) is 1.38. The number of ether oxygens (including phenoxy) is 1. The number of halogens is 1. The first kappa shape index (κ1) is 31.5. The van der Waals surface area contributed by atoms with Crippen LogP contribution in [0.3, 0.4) is 0 Å². The molecule has 0 bridgehead atoms. The highest BCUT2D eigenvalue weighted by Gasteiger charge is 2.62. The molecule has 4 amide bonds. The van der Waals surface area contributed by atoms with E-state index in [-0.39, 0.29) is 46.8 Å². The lowest BCUT2D eigenvalue weighted by molar-refractivity contribution is -0.126. The molecule has 4 aliphatic rings. The average molecular weight is 667 g/mol. The van der Waals surface area contributed by atoms with Crippen molar-refractivity contribution in [2.24, 2.45) is 29.6 Å². The Morgan fingerprint density at radius 2 is 1.27 bits per heavy atom. The summed E-state index contributed by atoms with van der Waals surface area (Å²) in [6.45, 7) is 2.86. The minimum atomic E-state index is -0.864. The molecule has 10 nitrogen and oxygen atoms in total.